The topological polar surface area (TPSA) is 59.6 Å². The van der Waals surface area contributed by atoms with Crippen LogP contribution >= 0.6 is 23.4 Å². The zero-order chi connectivity index (χ0) is 18.4. The zero-order valence-electron chi connectivity index (χ0n) is 14.5. The summed E-state index contributed by atoms with van der Waals surface area (Å²) >= 11 is 7.91. The van der Waals surface area contributed by atoms with Crippen LogP contribution in [-0.2, 0) is 6.54 Å². The minimum atomic E-state index is -0.208. The van der Waals surface area contributed by atoms with Gasteiger partial charge >= 0.3 is 6.03 Å². The lowest BCUT2D eigenvalue weighted by Gasteiger charge is -2.20. The Bertz CT molecular complexity index is 768. The van der Waals surface area contributed by atoms with E-state index in [2.05, 4.69) is 41.8 Å². The van der Waals surface area contributed by atoms with Crippen molar-refractivity contribution in [2.75, 3.05) is 25.5 Å². The van der Waals surface area contributed by atoms with Crippen LogP contribution in [0.25, 0.3) is 0 Å². The third-order valence-corrected chi connectivity index (χ3v) is 5.08. The molecule has 0 saturated heterocycles. The molecule has 7 heteroatoms. The van der Waals surface area contributed by atoms with Gasteiger partial charge in [0.05, 0.1) is 5.02 Å². The largest absolute Gasteiger partial charge is 0.486 e. The normalized spacial score (nSPS) is 12.5. The molecule has 0 atom stereocenters. The van der Waals surface area contributed by atoms with E-state index in [0.29, 0.717) is 42.8 Å². The number of rotatable bonds is 6. The Kier molecular flexibility index (Phi) is 6.52. The fourth-order valence-electron chi connectivity index (χ4n) is 2.48. The molecule has 0 unspecified atom stereocenters. The number of thioether (sulfide) groups is 1. The lowest BCUT2D eigenvalue weighted by atomic mass is 10.2. The third-order valence-electron chi connectivity index (χ3n) is 3.79. The molecule has 1 heterocycles. The van der Waals surface area contributed by atoms with E-state index in [4.69, 9.17) is 21.1 Å². The van der Waals surface area contributed by atoms with Crippen molar-refractivity contribution in [2.45, 2.75) is 18.4 Å². The fourth-order valence-corrected chi connectivity index (χ4v) is 3.54. The Labute approximate surface area is 162 Å². The highest BCUT2D eigenvalue weighted by molar-refractivity contribution is 7.99. The first kappa shape index (κ1) is 18.7. The van der Waals surface area contributed by atoms with E-state index in [9.17, 15) is 4.79 Å². The number of hydrogen-bond acceptors (Lipinski definition) is 4. The van der Waals surface area contributed by atoms with Crippen molar-refractivity contribution in [3.8, 4) is 11.5 Å². The van der Waals surface area contributed by atoms with E-state index in [-0.39, 0.29) is 6.03 Å². The number of urea groups is 1. The molecule has 5 nitrogen and oxygen atoms in total. The number of carbonyl (C=O) groups excluding carboxylic acids is 1. The molecule has 2 aromatic carbocycles. The third kappa shape index (κ3) is 5.22. The predicted octanol–water partition coefficient (Wildman–Crippen LogP) is 4.01. The van der Waals surface area contributed by atoms with Crippen molar-refractivity contribution in [1.29, 1.82) is 0 Å². The van der Waals surface area contributed by atoms with Gasteiger partial charge in [0.1, 0.15) is 13.2 Å². The second-order valence-corrected chi connectivity index (χ2v) is 7.45. The van der Waals surface area contributed by atoms with Crippen molar-refractivity contribution in [3.05, 3.63) is 52.5 Å². The van der Waals surface area contributed by atoms with Gasteiger partial charge in [0, 0.05) is 23.7 Å². The quantitative estimate of drug-likeness (QED) is 0.576. The molecule has 2 N–H and O–H groups in total. The molecule has 2 aromatic rings. The first-order valence-corrected chi connectivity index (χ1v) is 9.77. The van der Waals surface area contributed by atoms with Gasteiger partial charge in [-0.05, 0) is 36.8 Å². The molecule has 26 heavy (non-hydrogen) atoms. The Morgan fingerprint density at radius 3 is 2.73 bits per heavy atom. The van der Waals surface area contributed by atoms with Gasteiger partial charge in [0.25, 0.3) is 0 Å². The summed E-state index contributed by atoms with van der Waals surface area (Å²) in [6, 6.07) is 11.8. The molecule has 0 spiro atoms. The summed E-state index contributed by atoms with van der Waals surface area (Å²) in [5.74, 6) is 2.00. The fraction of sp³-hybridized carbons (Fsp3) is 0.316. The number of hydrogen-bond donors (Lipinski definition) is 2. The molecule has 0 radical (unpaired) electrons. The molecule has 0 bridgehead atoms. The van der Waals surface area contributed by atoms with Crippen molar-refractivity contribution in [2.24, 2.45) is 0 Å². The van der Waals surface area contributed by atoms with Crippen LogP contribution in [0.4, 0.5) is 4.79 Å². The van der Waals surface area contributed by atoms with E-state index in [0.717, 1.165) is 11.3 Å². The second kappa shape index (κ2) is 9.05. The highest BCUT2D eigenvalue weighted by atomic mass is 35.5. The molecule has 1 aliphatic heterocycles. The first-order chi connectivity index (χ1) is 12.6. The molecule has 3 rings (SSSR count). The van der Waals surface area contributed by atoms with Gasteiger partial charge in [0.15, 0.2) is 11.5 Å². The average molecular weight is 393 g/mol. The number of carbonyl (C=O) groups is 1. The molecular weight excluding hydrogens is 372 g/mol. The zero-order valence-corrected chi connectivity index (χ0v) is 16.1. The van der Waals surface area contributed by atoms with E-state index in [1.54, 1.807) is 17.8 Å². The summed E-state index contributed by atoms with van der Waals surface area (Å²) in [5, 5.41) is 6.17. The van der Waals surface area contributed by atoms with E-state index < -0.39 is 0 Å². The average Bonchev–Trinajstić information content (AvgIpc) is 2.65. The van der Waals surface area contributed by atoms with Crippen molar-refractivity contribution >= 4 is 29.4 Å². The van der Waals surface area contributed by atoms with Crippen molar-refractivity contribution in [1.82, 2.24) is 10.6 Å². The van der Waals surface area contributed by atoms with Gasteiger partial charge in [-0.1, -0.05) is 29.3 Å². The van der Waals surface area contributed by atoms with Crippen LogP contribution in [0, 0.1) is 6.92 Å². The maximum Gasteiger partial charge on any atom is 0.315 e. The van der Waals surface area contributed by atoms with Crippen molar-refractivity contribution < 1.29 is 14.3 Å². The highest BCUT2D eigenvalue weighted by Crippen LogP contribution is 2.38. The summed E-state index contributed by atoms with van der Waals surface area (Å²) in [6.45, 7) is 4.02. The Morgan fingerprint density at radius 1 is 1.15 bits per heavy atom. The van der Waals surface area contributed by atoms with Crippen LogP contribution in [-0.4, -0.2) is 31.5 Å². The predicted molar refractivity (Wildman–Crippen MR) is 105 cm³/mol. The number of amides is 2. The van der Waals surface area contributed by atoms with Crippen LogP contribution in [0.1, 0.15) is 11.1 Å². The molecular formula is C19H21ClN2O3S. The minimum Gasteiger partial charge on any atom is -0.486 e. The molecule has 0 aliphatic carbocycles. The van der Waals surface area contributed by atoms with E-state index in [1.807, 2.05) is 6.07 Å². The van der Waals surface area contributed by atoms with Gasteiger partial charge in [0.2, 0.25) is 0 Å². The number of nitrogens with one attached hydrogen (secondary N) is 2. The van der Waals surface area contributed by atoms with Gasteiger partial charge in [-0.25, -0.2) is 4.79 Å². The monoisotopic (exact) mass is 392 g/mol. The smallest absolute Gasteiger partial charge is 0.315 e. The summed E-state index contributed by atoms with van der Waals surface area (Å²) in [4.78, 5) is 13.1. The minimum absolute atomic E-state index is 0.208. The summed E-state index contributed by atoms with van der Waals surface area (Å²) in [7, 11) is 0. The molecule has 1 aliphatic rings. The maximum atomic E-state index is 11.9. The Balaban J connectivity index is 1.40. The lowest BCUT2D eigenvalue weighted by Crippen LogP contribution is -2.36. The summed E-state index contributed by atoms with van der Waals surface area (Å²) in [5.41, 5.74) is 2.11. The molecule has 0 fully saturated rings. The highest BCUT2D eigenvalue weighted by Gasteiger charge is 2.16. The molecule has 2 amide bonds. The van der Waals surface area contributed by atoms with Crippen LogP contribution in [0.2, 0.25) is 5.02 Å². The molecule has 0 aromatic heterocycles. The van der Waals surface area contributed by atoms with Crippen molar-refractivity contribution in [3.63, 3.8) is 0 Å². The van der Waals surface area contributed by atoms with Crippen LogP contribution in [0.5, 0.6) is 11.5 Å². The Morgan fingerprint density at radius 2 is 1.92 bits per heavy atom. The number of benzene rings is 2. The number of fused-ring (bicyclic) bond motifs is 1. The molecule has 0 saturated carbocycles. The van der Waals surface area contributed by atoms with E-state index in [1.165, 1.54) is 10.5 Å². The number of halogens is 1. The second-order valence-electron chi connectivity index (χ2n) is 5.87. The van der Waals surface area contributed by atoms with Crippen LogP contribution in [0.15, 0.2) is 41.3 Å². The number of aryl methyl sites for hydroxylation is 1. The SMILES string of the molecule is Cc1ccc(SCCNC(=O)NCc2cc(Cl)c3c(c2)OCCO3)cc1. The standard InChI is InChI=1S/C19H21ClN2O3S/c1-13-2-4-15(5-3-13)26-9-6-21-19(23)22-12-14-10-16(20)18-17(11-14)24-7-8-25-18/h2-5,10-11H,6-9,12H2,1H3,(H2,21,22,23). The Hall–Kier alpha value is -2.05. The van der Waals surface area contributed by atoms with E-state index >= 15 is 0 Å². The van der Waals surface area contributed by atoms with Gasteiger partial charge in [-0.3, -0.25) is 0 Å². The van der Waals surface area contributed by atoms with Gasteiger partial charge in [-0.15, -0.1) is 11.8 Å². The van der Waals surface area contributed by atoms with Crippen LogP contribution < -0.4 is 20.1 Å². The summed E-state index contributed by atoms with van der Waals surface area (Å²) in [6.07, 6.45) is 0. The number of ether oxygens (including phenoxy) is 2. The lowest BCUT2D eigenvalue weighted by molar-refractivity contribution is 0.171. The van der Waals surface area contributed by atoms with Gasteiger partial charge in [-0.2, -0.15) is 0 Å². The first-order valence-electron chi connectivity index (χ1n) is 8.41. The maximum absolute atomic E-state index is 11.9. The molecule has 138 valence electrons. The van der Waals surface area contributed by atoms with Gasteiger partial charge < -0.3 is 20.1 Å². The van der Waals surface area contributed by atoms with Crippen LogP contribution in [0.3, 0.4) is 0 Å². The summed E-state index contributed by atoms with van der Waals surface area (Å²) < 4.78 is 11.0.